The summed E-state index contributed by atoms with van der Waals surface area (Å²) in [5.41, 5.74) is -0.570. The van der Waals surface area contributed by atoms with Crippen molar-refractivity contribution in [1.82, 2.24) is 19.4 Å². The summed E-state index contributed by atoms with van der Waals surface area (Å²) in [4.78, 5) is 20.4. The van der Waals surface area contributed by atoms with Crippen LogP contribution in [0.15, 0.2) is 48.8 Å². The van der Waals surface area contributed by atoms with Gasteiger partial charge in [-0.15, -0.1) is 0 Å². The molecule has 4 rings (SSSR count). The SMILES string of the molecule is COCC(=O)N1CCN(Cc2ccc(OCCCn3ccnc3C)c(OC)c2)C[C@](O)(COc2ccc(F)c(F)c2)C1. The van der Waals surface area contributed by atoms with E-state index in [2.05, 4.69) is 9.55 Å². The summed E-state index contributed by atoms with van der Waals surface area (Å²) in [7, 11) is 3.02. The van der Waals surface area contributed by atoms with Crippen molar-refractivity contribution in [3.05, 3.63) is 71.8 Å². The van der Waals surface area contributed by atoms with E-state index in [0.717, 1.165) is 36.5 Å². The lowest BCUT2D eigenvalue weighted by atomic mass is 10.0. The fraction of sp³-hybridized carbons (Fsp3) is 0.467. The molecule has 0 radical (unpaired) electrons. The third kappa shape index (κ3) is 8.40. The molecular weight excluding hydrogens is 550 g/mol. The monoisotopic (exact) mass is 588 g/mol. The van der Waals surface area contributed by atoms with Crippen LogP contribution in [0.2, 0.25) is 0 Å². The fourth-order valence-corrected chi connectivity index (χ4v) is 4.92. The molecule has 2 heterocycles. The Morgan fingerprint density at radius 2 is 1.88 bits per heavy atom. The van der Waals surface area contributed by atoms with Gasteiger partial charge >= 0.3 is 0 Å². The average Bonchev–Trinajstić information content (AvgIpc) is 3.30. The van der Waals surface area contributed by atoms with E-state index in [-0.39, 0.29) is 38.0 Å². The number of ether oxygens (including phenoxy) is 4. The number of hydrogen-bond donors (Lipinski definition) is 1. The van der Waals surface area contributed by atoms with Gasteiger partial charge < -0.3 is 33.5 Å². The van der Waals surface area contributed by atoms with Crippen LogP contribution in [0, 0.1) is 18.6 Å². The first kappa shape index (κ1) is 31.2. The van der Waals surface area contributed by atoms with Crippen molar-refractivity contribution in [1.29, 1.82) is 0 Å². The van der Waals surface area contributed by atoms with Crippen molar-refractivity contribution in [3.63, 3.8) is 0 Å². The second kappa shape index (κ2) is 14.4. The van der Waals surface area contributed by atoms with Crippen LogP contribution in [0.25, 0.3) is 0 Å². The van der Waals surface area contributed by atoms with Crippen molar-refractivity contribution in [3.8, 4) is 17.2 Å². The highest BCUT2D eigenvalue weighted by atomic mass is 19.2. The minimum absolute atomic E-state index is 0.00985. The van der Waals surface area contributed by atoms with E-state index in [4.69, 9.17) is 18.9 Å². The van der Waals surface area contributed by atoms with E-state index in [1.54, 1.807) is 13.3 Å². The number of aryl methyl sites for hydroxylation is 2. The summed E-state index contributed by atoms with van der Waals surface area (Å²) in [6.07, 6.45) is 4.52. The minimum atomic E-state index is -1.49. The van der Waals surface area contributed by atoms with Crippen LogP contribution in [-0.4, -0.2) is 96.2 Å². The highest BCUT2D eigenvalue weighted by Crippen LogP contribution is 2.29. The summed E-state index contributed by atoms with van der Waals surface area (Å²) in [5, 5.41) is 11.6. The highest BCUT2D eigenvalue weighted by Gasteiger charge is 2.37. The molecule has 3 aromatic rings. The van der Waals surface area contributed by atoms with E-state index in [1.807, 2.05) is 36.2 Å². The molecule has 228 valence electrons. The largest absolute Gasteiger partial charge is 0.493 e. The molecule has 1 aromatic heterocycles. The number of nitrogens with zero attached hydrogens (tertiary/aromatic N) is 4. The Labute approximate surface area is 244 Å². The van der Waals surface area contributed by atoms with Gasteiger partial charge in [-0.25, -0.2) is 13.8 Å². The number of carbonyl (C=O) groups is 1. The number of β-amino-alcohol motifs (C(OH)–C–C–N with tert-alkyl or cyclic N) is 1. The van der Waals surface area contributed by atoms with E-state index in [1.165, 1.54) is 18.1 Å². The van der Waals surface area contributed by atoms with E-state index < -0.39 is 17.2 Å². The number of carbonyl (C=O) groups excluding carboxylic acids is 1. The van der Waals surface area contributed by atoms with Crippen LogP contribution in [0.1, 0.15) is 17.8 Å². The standard InChI is InChI=1S/C30H38F2N4O6/c1-22-33-9-11-35(22)10-4-14-41-27-8-5-23(15-28(27)40-3)17-34-12-13-36(29(37)18-39-2)20-30(38,19-34)21-42-24-6-7-25(31)26(32)16-24/h5-9,11,15-16,38H,4,10,12-14,17-21H2,1-3H3/t30-/m1/s1. The molecule has 0 saturated carbocycles. The third-order valence-corrected chi connectivity index (χ3v) is 7.07. The molecule has 12 heteroatoms. The van der Waals surface area contributed by atoms with Gasteiger partial charge in [0.25, 0.3) is 0 Å². The predicted octanol–water partition coefficient (Wildman–Crippen LogP) is 3.05. The van der Waals surface area contributed by atoms with Gasteiger partial charge in [0.15, 0.2) is 23.1 Å². The molecule has 1 aliphatic rings. The van der Waals surface area contributed by atoms with Gasteiger partial charge in [0.2, 0.25) is 5.91 Å². The van der Waals surface area contributed by atoms with Crippen molar-refractivity contribution < 1.29 is 37.6 Å². The minimum Gasteiger partial charge on any atom is -0.493 e. The van der Waals surface area contributed by atoms with Gasteiger partial charge in [0.1, 0.15) is 30.4 Å². The van der Waals surface area contributed by atoms with Crippen LogP contribution in [0.4, 0.5) is 8.78 Å². The van der Waals surface area contributed by atoms with Crippen LogP contribution in [0.5, 0.6) is 17.2 Å². The van der Waals surface area contributed by atoms with Gasteiger partial charge in [0, 0.05) is 58.3 Å². The Morgan fingerprint density at radius 3 is 2.60 bits per heavy atom. The second-order valence-electron chi connectivity index (χ2n) is 10.4. The van der Waals surface area contributed by atoms with Gasteiger partial charge in [-0.05, 0) is 43.2 Å². The second-order valence-corrected chi connectivity index (χ2v) is 10.4. The van der Waals surface area contributed by atoms with Gasteiger partial charge in [0.05, 0.1) is 20.3 Å². The number of imidazole rings is 1. The molecule has 0 spiro atoms. The third-order valence-electron chi connectivity index (χ3n) is 7.07. The van der Waals surface area contributed by atoms with E-state index >= 15 is 0 Å². The lowest BCUT2D eigenvalue weighted by Crippen LogP contribution is -2.52. The quantitative estimate of drug-likeness (QED) is 0.305. The fourth-order valence-electron chi connectivity index (χ4n) is 4.92. The average molecular weight is 589 g/mol. The topological polar surface area (TPSA) is 98.5 Å². The maximum Gasteiger partial charge on any atom is 0.248 e. The van der Waals surface area contributed by atoms with Crippen LogP contribution in [-0.2, 0) is 22.6 Å². The molecule has 0 bridgehead atoms. The number of rotatable bonds is 13. The van der Waals surface area contributed by atoms with Gasteiger partial charge in [-0.2, -0.15) is 0 Å². The molecule has 10 nitrogen and oxygen atoms in total. The van der Waals surface area contributed by atoms with Crippen LogP contribution in [0.3, 0.4) is 0 Å². The van der Waals surface area contributed by atoms with Crippen LogP contribution >= 0.6 is 0 Å². The lowest BCUT2D eigenvalue weighted by Gasteiger charge is -2.33. The number of methoxy groups -OCH3 is 2. The van der Waals surface area contributed by atoms with E-state index in [9.17, 15) is 18.7 Å². The predicted molar refractivity (Wildman–Crippen MR) is 151 cm³/mol. The Bertz CT molecular complexity index is 1340. The highest BCUT2D eigenvalue weighted by molar-refractivity contribution is 5.77. The molecule has 1 saturated heterocycles. The molecule has 1 atom stereocenters. The molecule has 1 fully saturated rings. The number of aliphatic hydroxyl groups is 1. The first-order chi connectivity index (χ1) is 20.2. The number of hydrogen-bond acceptors (Lipinski definition) is 8. The molecule has 0 aliphatic carbocycles. The summed E-state index contributed by atoms with van der Waals surface area (Å²) in [5.74, 6) is -0.0463. The van der Waals surface area contributed by atoms with Gasteiger partial charge in [-0.3, -0.25) is 9.69 Å². The number of amides is 1. The van der Waals surface area contributed by atoms with E-state index in [0.29, 0.717) is 37.7 Å². The summed E-state index contributed by atoms with van der Waals surface area (Å²) < 4.78 is 51.4. The summed E-state index contributed by atoms with van der Waals surface area (Å²) in [6, 6.07) is 8.87. The zero-order valence-corrected chi connectivity index (χ0v) is 24.2. The smallest absolute Gasteiger partial charge is 0.248 e. The maximum atomic E-state index is 13.7. The Kier molecular flexibility index (Phi) is 10.7. The Hall–Kier alpha value is -3.74. The first-order valence-electron chi connectivity index (χ1n) is 13.8. The first-order valence-corrected chi connectivity index (χ1v) is 13.8. The lowest BCUT2D eigenvalue weighted by molar-refractivity contribution is -0.138. The van der Waals surface area contributed by atoms with Crippen molar-refractivity contribution in [2.45, 2.75) is 32.0 Å². The number of benzene rings is 2. The molecule has 42 heavy (non-hydrogen) atoms. The number of aromatic nitrogens is 2. The van der Waals surface area contributed by atoms with Crippen molar-refractivity contribution >= 4 is 5.91 Å². The molecule has 1 amide bonds. The summed E-state index contributed by atoms with van der Waals surface area (Å²) in [6.45, 7) is 4.37. The zero-order chi connectivity index (χ0) is 30.1. The molecular formula is C30H38F2N4O6. The summed E-state index contributed by atoms with van der Waals surface area (Å²) >= 11 is 0. The Morgan fingerprint density at radius 1 is 1.05 bits per heavy atom. The normalized spacial score (nSPS) is 17.6. The van der Waals surface area contributed by atoms with Crippen molar-refractivity contribution in [2.24, 2.45) is 0 Å². The molecule has 2 aromatic carbocycles. The van der Waals surface area contributed by atoms with Crippen molar-refractivity contribution in [2.75, 3.05) is 60.2 Å². The number of halogens is 2. The van der Waals surface area contributed by atoms with Gasteiger partial charge in [-0.1, -0.05) is 6.07 Å². The molecule has 1 N–H and O–H groups in total. The maximum absolute atomic E-state index is 13.7. The molecule has 0 unspecified atom stereocenters. The molecule has 1 aliphatic heterocycles. The Balaban J connectivity index is 1.42. The van der Waals surface area contributed by atoms with Crippen LogP contribution < -0.4 is 14.2 Å². The zero-order valence-electron chi connectivity index (χ0n) is 24.2.